The SMILES string of the molecule is CC/C=C\C/C=C\C/C=C\CCCCCC(=O)OCC(COC(=O)CCCCCCCCCCCCCCCCC/C=C\CCCCCCCCCC)OC(=O)CCCCCCCCCCC/C=C\CCCCCCCCCC. The Bertz CT molecular complexity index is 1410. The molecule has 0 aliphatic heterocycles. The fourth-order valence-electron chi connectivity index (χ4n) is 10.3. The molecule has 1 atom stereocenters. The number of carbonyl (C=O) groups excluding carboxylic acids is 3. The molecule has 0 N–H and O–H groups in total. The van der Waals surface area contributed by atoms with Gasteiger partial charge < -0.3 is 14.2 Å². The number of esters is 3. The van der Waals surface area contributed by atoms with Crippen molar-refractivity contribution in [1.82, 2.24) is 0 Å². The summed E-state index contributed by atoms with van der Waals surface area (Å²) in [6, 6.07) is 0. The molecule has 0 bridgehead atoms. The third-order valence-corrected chi connectivity index (χ3v) is 15.5. The van der Waals surface area contributed by atoms with Crippen LogP contribution in [0.1, 0.15) is 367 Å². The maximum Gasteiger partial charge on any atom is 0.306 e. The Morgan fingerprint density at radius 3 is 0.797 bits per heavy atom. The molecule has 0 aromatic rings. The molecule has 0 amide bonds. The number of hydrogen-bond acceptors (Lipinski definition) is 6. The van der Waals surface area contributed by atoms with E-state index in [2.05, 4.69) is 81.5 Å². The molecule has 460 valence electrons. The molecule has 0 saturated heterocycles. The van der Waals surface area contributed by atoms with Crippen LogP contribution in [0.15, 0.2) is 60.8 Å². The molecular weight excluding hydrogens is 973 g/mol. The van der Waals surface area contributed by atoms with Gasteiger partial charge in [0.15, 0.2) is 6.10 Å². The van der Waals surface area contributed by atoms with Gasteiger partial charge in [-0.15, -0.1) is 0 Å². The van der Waals surface area contributed by atoms with E-state index >= 15 is 0 Å². The van der Waals surface area contributed by atoms with Gasteiger partial charge in [0.05, 0.1) is 0 Å². The molecule has 6 nitrogen and oxygen atoms in total. The molecule has 0 aliphatic carbocycles. The second kappa shape index (κ2) is 67.6. The first-order valence-corrected chi connectivity index (χ1v) is 34.8. The molecule has 0 aliphatic rings. The van der Waals surface area contributed by atoms with E-state index in [0.717, 1.165) is 83.5 Å². The number of unbranched alkanes of at least 4 members (excludes halogenated alkanes) is 43. The van der Waals surface area contributed by atoms with Gasteiger partial charge in [-0.2, -0.15) is 0 Å². The summed E-state index contributed by atoms with van der Waals surface area (Å²) in [5.74, 6) is -0.894. The molecule has 0 spiro atoms. The number of allylic oxidation sites excluding steroid dienone is 10. The summed E-state index contributed by atoms with van der Waals surface area (Å²) in [6.07, 6.45) is 86.9. The van der Waals surface area contributed by atoms with E-state index < -0.39 is 6.10 Å². The van der Waals surface area contributed by atoms with Crippen LogP contribution >= 0.6 is 0 Å². The van der Waals surface area contributed by atoms with Gasteiger partial charge in [-0.3, -0.25) is 14.4 Å². The summed E-state index contributed by atoms with van der Waals surface area (Å²) >= 11 is 0. The van der Waals surface area contributed by atoms with E-state index in [9.17, 15) is 14.4 Å². The minimum atomic E-state index is -0.788. The van der Waals surface area contributed by atoms with Crippen LogP contribution in [0.3, 0.4) is 0 Å². The molecule has 0 aromatic heterocycles. The Kier molecular flexibility index (Phi) is 65.1. The molecule has 6 heteroatoms. The second-order valence-corrected chi connectivity index (χ2v) is 23.4. The van der Waals surface area contributed by atoms with Gasteiger partial charge in [-0.1, -0.05) is 306 Å². The molecule has 0 saturated carbocycles. The van der Waals surface area contributed by atoms with E-state index in [0.29, 0.717) is 19.3 Å². The van der Waals surface area contributed by atoms with Crippen LogP contribution < -0.4 is 0 Å². The summed E-state index contributed by atoms with van der Waals surface area (Å²) in [5, 5.41) is 0. The number of rotatable bonds is 64. The van der Waals surface area contributed by atoms with E-state index in [1.54, 1.807) is 0 Å². The third-order valence-electron chi connectivity index (χ3n) is 15.5. The topological polar surface area (TPSA) is 78.9 Å². The number of hydrogen-bond donors (Lipinski definition) is 0. The molecule has 1 unspecified atom stereocenters. The van der Waals surface area contributed by atoms with Crippen LogP contribution in [0.2, 0.25) is 0 Å². The lowest BCUT2D eigenvalue weighted by molar-refractivity contribution is -0.167. The fraction of sp³-hybridized carbons (Fsp3) is 0.822. The Hall–Kier alpha value is -2.89. The first-order valence-electron chi connectivity index (χ1n) is 34.8. The van der Waals surface area contributed by atoms with E-state index in [4.69, 9.17) is 14.2 Å². The van der Waals surface area contributed by atoms with Crippen molar-refractivity contribution in [1.29, 1.82) is 0 Å². The zero-order chi connectivity index (χ0) is 57.1. The molecule has 0 heterocycles. The summed E-state index contributed by atoms with van der Waals surface area (Å²) in [6.45, 7) is 6.55. The van der Waals surface area contributed by atoms with Crippen LogP contribution in [-0.4, -0.2) is 37.2 Å². The minimum absolute atomic E-state index is 0.0816. The maximum absolute atomic E-state index is 12.9. The quantitative estimate of drug-likeness (QED) is 0.0261. The first kappa shape index (κ1) is 76.1. The fourth-order valence-corrected chi connectivity index (χ4v) is 10.3. The summed E-state index contributed by atoms with van der Waals surface area (Å²) in [7, 11) is 0. The zero-order valence-electron chi connectivity index (χ0n) is 52.9. The Morgan fingerprint density at radius 1 is 0.266 bits per heavy atom. The lowest BCUT2D eigenvalue weighted by atomic mass is 10.0. The van der Waals surface area contributed by atoms with Crippen LogP contribution in [0.5, 0.6) is 0 Å². The van der Waals surface area contributed by atoms with Crippen LogP contribution in [0.25, 0.3) is 0 Å². The van der Waals surface area contributed by atoms with Gasteiger partial charge in [-0.25, -0.2) is 0 Å². The predicted octanol–water partition coefficient (Wildman–Crippen LogP) is 23.9. The zero-order valence-corrected chi connectivity index (χ0v) is 52.9. The van der Waals surface area contributed by atoms with Gasteiger partial charge in [0, 0.05) is 19.3 Å². The highest BCUT2D eigenvalue weighted by molar-refractivity contribution is 5.71. The second-order valence-electron chi connectivity index (χ2n) is 23.4. The highest BCUT2D eigenvalue weighted by Gasteiger charge is 2.19. The van der Waals surface area contributed by atoms with E-state index in [1.165, 1.54) is 244 Å². The molecule has 0 radical (unpaired) electrons. The van der Waals surface area contributed by atoms with Crippen molar-refractivity contribution in [3.63, 3.8) is 0 Å². The number of ether oxygens (including phenoxy) is 3. The van der Waals surface area contributed by atoms with Crippen molar-refractivity contribution in [2.45, 2.75) is 374 Å². The minimum Gasteiger partial charge on any atom is -0.462 e. The summed E-state index contributed by atoms with van der Waals surface area (Å²) < 4.78 is 16.9. The highest BCUT2D eigenvalue weighted by Crippen LogP contribution is 2.18. The monoisotopic (exact) mass is 1110 g/mol. The van der Waals surface area contributed by atoms with Crippen molar-refractivity contribution >= 4 is 17.9 Å². The highest BCUT2D eigenvalue weighted by atomic mass is 16.6. The third kappa shape index (κ3) is 65.8. The Balaban J connectivity index is 4.24. The van der Waals surface area contributed by atoms with Gasteiger partial charge in [-0.05, 0) is 103 Å². The van der Waals surface area contributed by atoms with Crippen molar-refractivity contribution in [3.05, 3.63) is 60.8 Å². The Labute approximate surface area is 491 Å². The number of carbonyl (C=O) groups is 3. The van der Waals surface area contributed by atoms with Crippen molar-refractivity contribution in [3.8, 4) is 0 Å². The normalized spacial score (nSPS) is 12.4. The molecule has 0 aromatic carbocycles. The van der Waals surface area contributed by atoms with Crippen molar-refractivity contribution < 1.29 is 28.6 Å². The first-order chi connectivity index (χ1) is 39.0. The molecule has 0 rings (SSSR count). The van der Waals surface area contributed by atoms with E-state index in [1.807, 2.05) is 0 Å². The average molecular weight is 1110 g/mol. The van der Waals surface area contributed by atoms with Gasteiger partial charge in [0.2, 0.25) is 0 Å². The lowest BCUT2D eigenvalue weighted by Gasteiger charge is -2.18. The lowest BCUT2D eigenvalue weighted by Crippen LogP contribution is -2.30. The summed E-state index contributed by atoms with van der Waals surface area (Å²) in [4.78, 5) is 38.4. The molecule has 79 heavy (non-hydrogen) atoms. The van der Waals surface area contributed by atoms with Gasteiger partial charge >= 0.3 is 17.9 Å². The van der Waals surface area contributed by atoms with E-state index in [-0.39, 0.29) is 31.1 Å². The van der Waals surface area contributed by atoms with Crippen LogP contribution in [0, 0.1) is 0 Å². The van der Waals surface area contributed by atoms with Crippen molar-refractivity contribution in [2.75, 3.05) is 13.2 Å². The summed E-state index contributed by atoms with van der Waals surface area (Å²) in [5.41, 5.74) is 0. The molecular formula is C73H132O6. The average Bonchev–Trinajstić information content (AvgIpc) is 3.45. The van der Waals surface area contributed by atoms with Gasteiger partial charge in [0.25, 0.3) is 0 Å². The predicted molar refractivity (Wildman–Crippen MR) is 344 cm³/mol. The van der Waals surface area contributed by atoms with Gasteiger partial charge in [0.1, 0.15) is 13.2 Å². The van der Waals surface area contributed by atoms with Crippen LogP contribution in [-0.2, 0) is 28.6 Å². The van der Waals surface area contributed by atoms with Crippen LogP contribution in [0.4, 0.5) is 0 Å². The Morgan fingerprint density at radius 2 is 0.494 bits per heavy atom. The van der Waals surface area contributed by atoms with Crippen molar-refractivity contribution in [2.24, 2.45) is 0 Å². The smallest absolute Gasteiger partial charge is 0.306 e. The largest absolute Gasteiger partial charge is 0.462 e. The molecule has 0 fully saturated rings. The maximum atomic E-state index is 12.9. The standard InChI is InChI=1S/C73H132O6/c1-4-7-10-13-16-19-22-25-27-29-31-33-34-35-36-37-38-40-41-43-45-48-51-54-57-60-63-66-72(75)78-69-70(68-77-71(74)65-62-59-56-53-50-47-24-21-18-15-12-9-6-3)79-73(76)67-64-61-58-55-52-49-46-44-42-39-32-30-28-26-23-20-17-14-11-8-5-2/h9,12,18,21,29-32,47,50,70H,4-8,10-11,13-17,19-20,22-28,33-46,48-49,51-69H2,1-3H3/b12-9-,21-18-,31-29-,32-30-,50-47-.